The van der Waals surface area contributed by atoms with Crippen molar-refractivity contribution in [2.45, 2.75) is 39.7 Å². The lowest BCUT2D eigenvalue weighted by Crippen LogP contribution is -2.32. The summed E-state index contributed by atoms with van der Waals surface area (Å²) in [6.45, 7) is 6.21. The van der Waals surface area contributed by atoms with Gasteiger partial charge >= 0.3 is 5.97 Å². The van der Waals surface area contributed by atoms with Gasteiger partial charge in [0.05, 0.1) is 0 Å². The first-order valence-electron chi connectivity index (χ1n) is 6.40. The molecule has 1 heterocycles. The maximum absolute atomic E-state index is 11.9. The van der Waals surface area contributed by atoms with Gasteiger partial charge in [-0.3, -0.25) is 4.79 Å². The van der Waals surface area contributed by atoms with Crippen LogP contribution in [0.1, 0.15) is 54.5 Å². The topological polar surface area (TPSA) is 79.3 Å². The van der Waals surface area contributed by atoms with E-state index < -0.39 is 5.97 Å². The minimum atomic E-state index is -1.14. The van der Waals surface area contributed by atoms with Crippen LogP contribution in [0.3, 0.4) is 0 Å². The molecule has 1 amide bonds. The maximum atomic E-state index is 11.9. The Balaban J connectivity index is 2.62. The second-order valence-electron chi connectivity index (χ2n) is 5.08. The first-order chi connectivity index (χ1) is 8.90. The Labute approximate surface area is 113 Å². The number of carbonyl (C=O) groups is 2. The average molecular weight is 264 g/mol. The number of nitrogens with one attached hydrogen (secondary N) is 1. The van der Waals surface area contributed by atoms with E-state index in [2.05, 4.69) is 24.1 Å². The summed E-state index contributed by atoms with van der Waals surface area (Å²) < 4.78 is 0. The Morgan fingerprint density at radius 3 is 2.58 bits per heavy atom. The Hall–Kier alpha value is -1.91. The highest BCUT2D eigenvalue weighted by Crippen LogP contribution is 2.08. The number of rotatable bonds is 6. The molecule has 0 saturated carbocycles. The predicted molar refractivity (Wildman–Crippen MR) is 72.2 cm³/mol. The van der Waals surface area contributed by atoms with Crippen molar-refractivity contribution in [3.05, 3.63) is 29.6 Å². The zero-order valence-corrected chi connectivity index (χ0v) is 11.5. The van der Waals surface area contributed by atoms with Crippen LogP contribution >= 0.6 is 0 Å². The second kappa shape index (κ2) is 6.87. The SMILES string of the molecule is CC(C)CCC(C)NC(=O)c1ccnc(C(=O)O)c1. The summed E-state index contributed by atoms with van der Waals surface area (Å²) in [6, 6.07) is 2.86. The van der Waals surface area contributed by atoms with Crippen molar-refractivity contribution in [3.8, 4) is 0 Å². The largest absolute Gasteiger partial charge is 0.477 e. The molecule has 0 bridgehead atoms. The molecule has 0 aliphatic heterocycles. The normalized spacial score (nSPS) is 12.2. The van der Waals surface area contributed by atoms with Gasteiger partial charge in [-0.1, -0.05) is 13.8 Å². The van der Waals surface area contributed by atoms with Crippen LogP contribution in [0.5, 0.6) is 0 Å². The fourth-order valence-corrected chi connectivity index (χ4v) is 1.65. The van der Waals surface area contributed by atoms with Crippen molar-refractivity contribution >= 4 is 11.9 Å². The zero-order chi connectivity index (χ0) is 14.4. The molecule has 1 rings (SSSR count). The van der Waals surface area contributed by atoms with E-state index in [9.17, 15) is 9.59 Å². The van der Waals surface area contributed by atoms with E-state index in [4.69, 9.17) is 5.11 Å². The molecular formula is C14H20N2O3. The molecule has 1 unspecified atom stereocenters. The summed E-state index contributed by atoms with van der Waals surface area (Å²) >= 11 is 0. The molecule has 1 aromatic heterocycles. The monoisotopic (exact) mass is 264 g/mol. The van der Waals surface area contributed by atoms with Gasteiger partial charge < -0.3 is 10.4 Å². The van der Waals surface area contributed by atoms with E-state index >= 15 is 0 Å². The standard InChI is InChI=1S/C14H20N2O3/c1-9(2)4-5-10(3)16-13(17)11-6-7-15-12(8-11)14(18)19/h6-10H,4-5H2,1-3H3,(H,16,17)(H,18,19). The molecule has 0 spiro atoms. The highest BCUT2D eigenvalue weighted by Gasteiger charge is 2.13. The number of carbonyl (C=O) groups excluding carboxylic acids is 1. The molecule has 1 aromatic rings. The van der Waals surface area contributed by atoms with E-state index in [0.717, 1.165) is 12.8 Å². The Morgan fingerprint density at radius 1 is 1.32 bits per heavy atom. The van der Waals surface area contributed by atoms with Crippen LogP contribution in [0, 0.1) is 5.92 Å². The highest BCUT2D eigenvalue weighted by atomic mass is 16.4. The maximum Gasteiger partial charge on any atom is 0.354 e. The average Bonchev–Trinajstić information content (AvgIpc) is 2.36. The van der Waals surface area contributed by atoms with Gasteiger partial charge in [0.15, 0.2) is 0 Å². The molecule has 5 nitrogen and oxygen atoms in total. The number of aromatic nitrogens is 1. The lowest BCUT2D eigenvalue weighted by molar-refractivity contribution is 0.0690. The van der Waals surface area contributed by atoms with Crippen LogP contribution in [0.4, 0.5) is 0 Å². The molecular weight excluding hydrogens is 244 g/mol. The van der Waals surface area contributed by atoms with Gasteiger partial charge in [0.2, 0.25) is 0 Å². The van der Waals surface area contributed by atoms with Crippen molar-refractivity contribution in [2.24, 2.45) is 5.92 Å². The number of pyridine rings is 1. The van der Waals surface area contributed by atoms with Crippen molar-refractivity contribution < 1.29 is 14.7 Å². The summed E-state index contributed by atoms with van der Waals surface area (Å²) in [5, 5.41) is 11.7. The second-order valence-corrected chi connectivity index (χ2v) is 5.08. The summed E-state index contributed by atoms with van der Waals surface area (Å²) in [7, 11) is 0. The van der Waals surface area contributed by atoms with E-state index in [-0.39, 0.29) is 17.6 Å². The molecule has 5 heteroatoms. The van der Waals surface area contributed by atoms with Crippen LogP contribution in [-0.4, -0.2) is 28.0 Å². The van der Waals surface area contributed by atoms with Gasteiger partial charge in [-0.05, 0) is 37.8 Å². The van der Waals surface area contributed by atoms with Crippen molar-refractivity contribution in [2.75, 3.05) is 0 Å². The first kappa shape index (κ1) is 15.1. The number of carboxylic acid groups (broad SMARTS) is 1. The van der Waals surface area contributed by atoms with Gasteiger partial charge in [-0.2, -0.15) is 0 Å². The fourth-order valence-electron chi connectivity index (χ4n) is 1.65. The van der Waals surface area contributed by atoms with Crippen LogP contribution < -0.4 is 5.32 Å². The van der Waals surface area contributed by atoms with Crippen molar-refractivity contribution in [1.82, 2.24) is 10.3 Å². The smallest absolute Gasteiger partial charge is 0.354 e. The number of nitrogens with zero attached hydrogens (tertiary/aromatic N) is 1. The van der Waals surface area contributed by atoms with E-state index in [1.807, 2.05) is 6.92 Å². The quantitative estimate of drug-likeness (QED) is 0.826. The molecule has 0 aromatic carbocycles. The molecule has 0 aliphatic rings. The van der Waals surface area contributed by atoms with Crippen LogP contribution in [-0.2, 0) is 0 Å². The van der Waals surface area contributed by atoms with E-state index in [0.29, 0.717) is 11.5 Å². The summed E-state index contributed by atoms with van der Waals surface area (Å²) in [5.74, 6) is -0.803. The minimum absolute atomic E-state index is 0.0661. The predicted octanol–water partition coefficient (Wildman–Crippen LogP) is 2.33. The van der Waals surface area contributed by atoms with Crippen molar-refractivity contribution in [3.63, 3.8) is 0 Å². The molecule has 2 N–H and O–H groups in total. The number of aromatic carboxylic acids is 1. The third-order valence-electron chi connectivity index (χ3n) is 2.80. The number of hydrogen-bond donors (Lipinski definition) is 2. The summed E-state index contributed by atoms with van der Waals surface area (Å²) in [4.78, 5) is 26.4. The number of amides is 1. The van der Waals surface area contributed by atoms with E-state index in [1.54, 1.807) is 0 Å². The summed E-state index contributed by atoms with van der Waals surface area (Å²) in [5.41, 5.74) is 0.200. The van der Waals surface area contributed by atoms with Gasteiger partial charge in [0.1, 0.15) is 5.69 Å². The lowest BCUT2D eigenvalue weighted by Gasteiger charge is -2.15. The number of carboxylic acids is 1. The molecule has 0 aliphatic carbocycles. The van der Waals surface area contributed by atoms with Crippen LogP contribution in [0.2, 0.25) is 0 Å². The minimum Gasteiger partial charge on any atom is -0.477 e. The molecule has 0 saturated heterocycles. The van der Waals surface area contributed by atoms with Gasteiger partial charge in [0, 0.05) is 17.8 Å². The third kappa shape index (κ3) is 5.07. The summed E-state index contributed by atoms with van der Waals surface area (Å²) in [6.07, 6.45) is 3.27. The van der Waals surface area contributed by atoms with E-state index in [1.165, 1.54) is 18.3 Å². The molecule has 0 fully saturated rings. The van der Waals surface area contributed by atoms with Crippen LogP contribution in [0.25, 0.3) is 0 Å². The first-order valence-corrected chi connectivity index (χ1v) is 6.40. The van der Waals surface area contributed by atoms with Gasteiger partial charge in [0.25, 0.3) is 5.91 Å². The highest BCUT2D eigenvalue weighted by molar-refractivity contribution is 5.96. The molecule has 19 heavy (non-hydrogen) atoms. The fraction of sp³-hybridized carbons (Fsp3) is 0.500. The third-order valence-corrected chi connectivity index (χ3v) is 2.80. The van der Waals surface area contributed by atoms with Gasteiger partial charge in [-0.15, -0.1) is 0 Å². The Morgan fingerprint density at radius 2 is 2.00 bits per heavy atom. The number of hydrogen-bond acceptors (Lipinski definition) is 3. The molecule has 104 valence electrons. The Bertz CT molecular complexity index is 458. The van der Waals surface area contributed by atoms with Gasteiger partial charge in [-0.25, -0.2) is 9.78 Å². The molecule has 1 atom stereocenters. The van der Waals surface area contributed by atoms with Crippen LogP contribution in [0.15, 0.2) is 18.3 Å². The Kier molecular flexibility index (Phi) is 5.48. The lowest BCUT2D eigenvalue weighted by atomic mass is 10.0. The van der Waals surface area contributed by atoms with Crippen molar-refractivity contribution in [1.29, 1.82) is 0 Å². The molecule has 0 radical (unpaired) electrons. The zero-order valence-electron chi connectivity index (χ0n) is 11.5.